The largest absolute Gasteiger partial charge is 0.392 e. The number of carbonyl (C=O) groups is 1. The van der Waals surface area contributed by atoms with E-state index in [1.807, 2.05) is 33.8 Å². The fourth-order valence-electron chi connectivity index (χ4n) is 6.86. The molecule has 6 unspecified atom stereocenters. The molecule has 0 saturated carbocycles. The fraction of sp³-hybridized carbons (Fsp3) is 0.788. The molecule has 0 bridgehead atoms. The van der Waals surface area contributed by atoms with Gasteiger partial charge in [0.05, 0.1) is 30.5 Å². The Hall–Kier alpha value is -1.35. The number of hydrogen-bond donors (Lipinski definition) is 3. The Morgan fingerprint density at radius 2 is 1.65 bits per heavy atom. The zero-order valence-corrected chi connectivity index (χ0v) is 26.2. The maximum atomic E-state index is 11.4. The molecule has 3 N–H and O–H groups in total. The van der Waals surface area contributed by atoms with E-state index in [2.05, 4.69) is 33.8 Å². The van der Waals surface area contributed by atoms with Crippen LogP contribution in [0.2, 0.25) is 0 Å². The number of aliphatic hydroxyl groups is 3. The Kier molecular flexibility index (Phi) is 13.7. The lowest BCUT2D eigenvalue weighted by atomic mass is 9.74. The second-order valence-electron chi connectivity index (χ2n) is 12.6. The summed E-state index contributed by atoms with van der Waals surface area (Å²) < 4.78 is 19.4. The predicted molar refractivity (Wildman–Crippen MR) is 159 cm³/mol. The van der Waals surface area contributed by atoms with E-state index in [0.29, 0.717) is 19.1 Å². The Bertz CT molecular complexity index is 869. The van der Waals surface area contributed by atoms with Gasteiger partial charge in [0.1, 0.15) is 12.4 Å². The summed E-state index contributed by atoms with van der Waals surface area (Å²) in [5.41, 5.74) is 1.27. The highest BCUT2D eigenvalue weighted by molar-refractivity contribution is 5.65. The minimum atomic E-state index is -1.29. The lowest BCUT2D eigenvalue weighted by Gasteiger charge is -2.56. The van der Waals surface area contributed by atoms with Gasteiger partial charge in [-0.15, -0.1) is 0 Å². The minimum Gasteiger partial charge on any atom is -0.392 e. The SMILES string of the molecule is CC/C=C(\C)CC(C)C(O)C(C)[C@H]1O[C@@]2(C[C@@H](OC)[C@H]1C)O[C@H](C(C)C(O)C(C)/C=C\C=C\C=O)[C@@H](C)C[C@@H]2O. The molecule has 1 spiro atoms. The molecule has 0 radical (unpaired) electrons. The number of aldehydes is 1. The van der Waals surface area contributed by atoms with Crippen molar-refractivity contribution in [2.75, 3.05) is 7.11 Å². The molecular weight excluding hydrogens is 508 g/mol. The summed E-state index contributed by atoms with van der Waals surface area (Å²) in [6.07, 6.45) is 9.10. The van der Waals surface area contributed by atoms with E-state index in [1.165, 1.54) is 11.6 Å². The van der Waals surface area contributed by atoms with Gasteiger partial charge in [-0.2, -0.15) is 0 Å². The van der Waals surface area contributed by atoms with Crippen molar-refractivity contribution >= 4 is 6.29 Å². The van der Waals surface area contributed by atoms with Gasteiger partial charge in [-0.3, -0.25) is 4.79 Å². The van der Waals surface area contributed by atoms with Crippen molar-refractivity contribution in [3.05, 3.63) is 36.0 Å². The molecule has 0 aromatic heterocycles. The summed E-state index contributed by atoms with van der Waals surface area (Å²) in [5, 5.41) is 34.0. The molecular formula is C33H56O7. The van der Waals surface area contributed by atoms with Crippen molar-refractivity contribution in [3.63, 3.8) is 0 Å². The number of carbonyl (C=O) groups excluding carboxylic acids is 1. The van der Waals surface area contributed by atoms with E-state index in [4.69, 9.17) is 14.2 Å². The topological polar surface area (TPSA) is 105 Å². The molecule has 13 atom stereocenters. The van der Waals surface area contributed by atoms with E-state index < -0.39 is 24.1 Å². The number of allylic oxidation sites excluding steroid dienone is 5. The van der Waals surface area contributed by atoms with Crippen LogP contribution in [0, 0.1) is 35.5 Å². The second kappa shape index (κ2) is 15.8. The number of hydrogen-bond acceptors (Lipinski definition) is 7. The van der Waals surface area contributed by atoms with Gasteiger partial charge in [0.25, 0.3) is 0 Å². The summed E-state index contributed by atoms with van der Waals surface area (Å²) in [7, 11) is 1.68. The van der Waals surface area contributed by atoms with Crippen LogP contribution in [0.5, 0.6) is 0 Å². The number of ether oxygens (including phenoxy) is 3. The van der Waals surface area contributed by atoms with E-state index in [-0.39, 0.29) is 53.8 Å². The second-order valence-corrected chi connectivity index (χ2v) is 12.6. The molecule has 2 fully saturated rings. The minimum absolute atomic E-state index is 0.00447. The van der Waals surface area contributed by atoms with Gasteiger partial charge in [0.2, 0.25) is 0 Å². The lowest BCUT2D eigenvalue weighted by Crippen LogP contribution is -2.65. The Balaban J connectivity index is 2.30. The van der Waals surface area contributed by atoms with Crippen LogP contribution in [0.3, 0.4) is 0 Å². The third-order valence-electron chi connectivity index (χ3n) is 9.38. The van der Waals surface area contributed by atoms with Crippen molar-refractivity contribution in [3.8, 4) is 0 Å². The van der Waals surface area contributed by atoms with Gasteiger partial charge in [0, 0.05) is 37.2 Å². The van der Waals surface area contributed by atoms with Gasteiger partial charge in [0.15, 0.2) is 5.79 Å². The molecule has 7 nitrogen and oxygen atoms in total. The van der Waals surface area contributed by atoms with Crippen LogP contribution in [0.25, 0.3) is 0 Å². The van der Waals surface area contributed by atoms with E-state index in [1.54, 1.807) is 19.3 Å². The summed E-state index contributed by atoms with van der Waals surface area (Å²) in [6.45, 7) is 16.3. The predicted octanol–water partition coefficient (Wildman–Crippen LogP) is 5.23. The quantitative estimate of drug-likeness (QED) is 0.122. The average molecular weight is 565 g/mol. The van der Waals surface area contributed by atoms with Crippen molar-refractivity contribution in [1.29, 1.82) is 0 Å². The summed E-state index contributed by atoms with van der Waals surface area (Å²) in [6, 6.07) is 0. The molecule has 2 rings (SSSR count). The monoisotopic (exact) mass is 564 g/mol. The van der Waals surface area contributed by atoms with Gasteiger partial charge in [-0.25, -0.2) is 0 Å². The molecule has 2 aliphatic rings. The van der Waals surface area contributed by atoms with E-state index in [9.17, 15) is 20.1 Å². The Morgan fingerprint density at radius 3 is 2.25 bits per heavy atom. The van der Waals surface area contributed by atoms with Crippen LogP contribution < -0.4 is 0 Å². The van der Waals surface area contributed by atoms with Crippen LogP contribution in [-0.4, -0.2) is 71.1 Å². The maximum absolute atomic E-state index is 11.4. The highest BCUT2D eigenvalue weighted by Crippen LogP contribution is 2.47. The number of aliphatic hydroxyl groups excluding tert-OH is 3. The first-order valence-electron chi connectivity index (χ1n) is 15.2. The summed E-state index contributed by atoms with van der Waals surface area (Å²) >= 11 is 0. The highest BCUT2D eigenvalue weighted by Gasteiger charge is 2.57. The maximum Gasteiger partial charge on any atom is 0.197 e. The molecule has 40 heavy (non-hydrogen) atoms. The molecule has 2 heterocycles. The van der Waals surface area contributed by atoms with E-state index >= 15 is 0 Å². The third kappa shape index (κ3) is 8.36. The normalized spacial score (nSPS) is 36.5. The summed E-state index contributed by atoms with van der Waals surface area (Å²) in [5.74, 6) is -1.88. The van der Waals surface area contributed by atoms with Crippen molar-refractivity contribution < 1.29 is 34.3 Å². The standard InChI is InChI=1S/C33H56O7/c1-10-14-20(2)17-22(4)30(37)26(8)32-24(6)27(38-9)19-33(40-32)28(35)18-23(5)31(39-33)25(7)29(36)21(3)15-12-11-13-16-34/h11-16,21-32,35-37H,10,17-19H2,1-9H3/b13-11+,15-12-,20-14+/t21?,22?,23-,24+,25?,26?,27+,28-,29?,30?,31-,32-,33+/m0/s1. The average Bonchev–Trinajstić information content (AvgIpc) is 2.92. The smallest absolute Gasteiger partial charge is 0.197 e. The highest BCUT2D eigenvalue weighted by atomic mass is 16.7. The zero-order valence-electron chi connectivity index (χ0n) is 26.2. The number of rotatable bonds is 13. The fourth-order valence-corrected chi connectivity index (χ4v) is 6.86. The first-order chi connectivity index (χ1) is 18.8. The zero-order chi connectivity index (χ0) is 30.2. The van der Waals surface area contributed by atoms with Gasteiger partial charge in [-0.05, 0) is 44.1 Å². The third-order valence-corrected chi connectivity index (χ3v) is 9.38. The molecule has 0 aliphatic carbocycles. The first kappa shape index (κ1) is 34.8. The molecule has 0 aromatic rings. The Labute approximate surface area is 242 Å². The molecule has 2 saturated heterocycles. The molecule has 230 valence electrons. The molecule has 2 aliphatic heterocycles. The van der Waals surface area contributed by atoms with Crippen LogP contribution in [0.15, 0.2) is 36.0 Å². The van der Waals surface area contributed by atoms with Crippen molar-refractivity contribution in [1.82, 2.24) is 0 Å². The van der Waals surface area contributed by atoms with Crippen molar-refractivity contribution in [2.45, 2.75) is 123 Å². The van der Waals surface area contributed by atoms with Gasteiger partial charge in [-0.1, -0.05) is 78.3 Å². The van der Waals surface area contributed by atoms with Crippen LogP contribution in [-0.2, 0) is 19.0 Å². The summed E-state index contributed by atoms with van der Waals surface area (Å²) in [4.78, 5) is 10.5. The lowest BCUT2D eigenvalue weighted by molar-refractivity contribution is -0.391. The molecule has 0 amide bonds. The van der Waals surface area contributed by atoms with Crippen LogP contribution in [0.4, 0.5) is 0 Å². The van der Waals surface area contributed by atoms with E-state index in [0.717, 1.165) is 12.8 Å². The Morgan fingerprint density at radius 1 is 1.02 bits per heavy atom. The first-order valence-corrected chi connectivity index (χ1v) is 15.2. The van der Waals surface area contributed by atoms with Gasteiger partial charge < -0.3 is 29.5 Å². The van der Waals surface area contributed by atoms with Crippen LogP contribution in [0.1, 0.15) is 81.1 Å². The molecule has 0 aromatic carbocycles. The van der Waals surface area contributed by atoms with Crippen LogP contribution >= 0.6 is 0 Å². The molecule has 7 heteroatoms. The number of methoxy groups -OCH3 is 1. The van der Waals surface area contributed by atoms with Gasteiger partial charge >= 0.3 is 0 Å². The van der Waals surface area contributed by atoms with Crippen molar-refractivity contribution in [2.24, 2.45) is 35.5 Å².